The molecular formula is C16H16N2O4S2. The molecule has 0 unspecified atom stereocenters. The summed E-state index contributed by atoms with van der Waals surface area (Å²) < 4.78 is 10.6. The van der Waals surface area contributed by atoms with Gasteiger partial charge in [-0.3, -0.25) is 9.59 Å². The summed E-state index contributed by atoms with van der Waals surface area (Å²) in [6.45, 7) is 0. The molecule has 0 spiro atoms. The highest BCUT2D eigenvalue weighted by atomic mass is 33.1. The number of hydrogen-bond donors (Lipinski definition) is 2. The molecule has 2 aromatic rings. The third-order valence-corrected chi connectivity index (χ3v) is 5.53. The van der Waals surface area contributed by atoms with Gasteiger partial charge < -0.3 is 20.9 Å². The Morgan fingerprint density at radius 2 is 1.17 bits per heavy atom. The average Bonchev–Trinajstić information content (AvgIpc) is 2.59. The Labute approximate surface area is 147 Å². The summed E-state index contributed by atoms with van der Waals surface area (Å²) in [6.07, 6.45) is 0. The first-order chi connectivity index (χ1) is 11.5. The maximum Gasteiger partial charge on any atom is 0.248 e. The third-order valence-electron chi connectivity index (χ3n) is 3.12. The van der Waals surface area contributed by atoms with Crippen LogP contribution in [0.25, 0.3) is 0 Å². The lowest BCUT2D eigenvalue weighted by molar-refractivity contribution is 0.0991. The lowest BCUT2D eigenvalue weighted by atomic mass is 10.2. The zero-order valence-corrected chi connectivity index (χ0v) is 14.7. The van der Waals surface area contributed by atoms with E-state index in [9.17, 15) is 9.59 Å². The van der Waals surface area contributed by atoms with Crippen molar-refractivity contribution in [2.24, 2.45) is 11.5 Å². The molecule has 0 bridgehead atoms. The van der Waals surface area contributed by atoms with Crippen molar-refractivity contribution in [1.82, 2.24) is 0 Å². The van der Waals surface area contributed by atoms with E-state index < -0.39 is 11.8 Å². The molecule has 0 fully saturated rings. The lowest BCUT2D eigenvalue weighted by Crippen LogP contribution is -2.11. The minimum atomic E-state index is -0.516. The van der Waals surface area contributed by atoms with Gasteiger partial charge in [0.2, 0.25) is 11.8 Å². The quantitative estimate of drug-likeness (QED) is 0.732. The van der Waals surface area contributed by atoms with Crippen LogP contribution in [0, 0.1) is 0 Å². The topological polar surface area (TPSA) is 105 Å². The molecule has 0 aliphatic carbocycles. The number of nitrogens with two attached hydrogens (primary N) is 2. The largest absolute Gasteiger partial charge is 0.496 e. The van der Waals surface area contributed by atoms with Crippen LogP contribution >= 0.6 is 21.6 Å². The summed E-state index contributed by atoms with van der Waals surface area (Å²) in [7, 11) is 5.80. The number of benzene rings is 2. The Bertz CT molecular complexity index is 715. The van der Waals surface area contributed by atoms with E-state index in [-0.39, 0.29) is 0 Å². The van der Waals surface area contributed by atoms with Crippen molar-refractivity contribution < 1.29 is 19.1 Å². The molecular weight excluding hydrogens is 348 g/mol. The molecule has 2 rings (SSSR count). The van der Waals surface area contributed by atoms with Crippen LogP contribution in [0.4, 0.5) is 0 Å². The van der Waals surface area contributed by atoms with Crippen LogP contribution in [0.1, 0.15) is 20.7 Å². The molecule has 0 saturated carbocycles. The molecule has 0 saturated heterocycles. The second-order valence-electron chi connectivity index (χ2n) is 4.63. The van der Waals surface area contributed by atoms with Crippen LogP contribution in [0.15, 0.2) is 46.2 Å². The molecule has 0 aliphatic rings. The van der Waals surface area contributed by atoms with E-state index in [0.29, 0.717) is 22.6 Å². The average molecular weight is 364 g/mol. The van der Waals surface area contributed by atoms with E-state index >= 15 is 0 Å². The van der Waals surface area contributed by atoms with Gasteiger partial charge in [-0.25, -0.2) is 0 Å². The van der Waals surface area contributed by atoms with Crippen molar-refractivity contribution in [1.29, 1.82) is 0 Å². The van der Waals surface area contributed by atoms with Gasteiger partial charge in [0, 0.05) is 11.1 Å². The van der Waals surface area contributed by atoms with Crippen LogP contribution < -0.4 is 20.9 Å². The van der Waals surface area contributed by atoms with Crippen molar-refractivity contribution in [3.8, 4) is 11.5 Å². The van der Waals surface area contributed by atoms with Crippen LogP contribution in [-0.4, -0.2) is 26.0 Å². The predicted molar refractivity (Wildman–Crippen MR) is 94.7 cm³/mol. The number of methoxy groups -OCH3 is 2. The fraction of sp³-hybridized carbons (Fsp3) is 0.125. The van der Waals surface area contributed by atoms with Gasteiger partial charge in [0.05, 0.1) is 24.0 Å². The molecule has 8 heteroatoms. The maximum atomic E-state index is 11.3. The molecule has 24 heavy (non-hydrogen) atoms. The Balaban J connectivity index is 2.30. The molecule has 2 aromatic carbocycles. The van der Waals surface area contributed by atoms with Gasteiger partial charge in [-0.2, -0.15) is 0 Å². The normalized spacial score (nSPS) is 10.2. The van der Waals surface area contributed by atoms with E-state index in [4.69, 9.17) is 20.9 Å². The minimum absolute atomic E-state index is 0.386. The first-order valence-electron chi connectivity index (χ1n) is 6.76. The highest BCUT2D eigenvalue weighted by Crippen LogP contribution is 2.45. The number of amides is 2. The van der Waals surface area contributed by atoms with Crippen molar-refractivity contribution in [2.45, 2.75) is 9.79 Å². The molecule has 4 N–H and O–H groups in total. The zero-order chi connectivity index (χ0) is 17.7. The van der Waals surface area contributed by atoms with Crippen LogP contribution in [0.2, 0.25) is 0 Å². The van der Waals surface area contributed by atoms with Crippen molar-refractivity contribution >= 4 is 33.4 Å². The van der Waals surface area contributed by atoms with Gasteiger partial charge in [-0.1, -0.05) is 0 Å². The van der Waals surface area contributed by atoms with Crippen LogP contribution in [-0.2, 0) is 0 Å². The molecule has 0 atom stereocenters. The highest BCUT2D eigenvalue weighted by Gasteiger charge is 2.13. The summed E-state index contributed by atoms with van der Waals surface area (Å²) >= 11 is 0. The van der Waals surface area contributed by atoms with Crippen molar-refractivity contribution in [3.63, 3.8) is 0 Å². The minimum Gasteiger partial charge on any atom is -0.496 e. The van der Waals surface area contributed by atoms with E-state index in [1.165, 1.54) is 21.6 Å². The SMILES string of the molecule is COc1ccc(C(N)=O)cc1SSc1cc(C(N)=O)ccc1OC. The second-order valence-corrected chi connectivity index (χ2v) is 6.84. The van der Waals surface area contributed by atoms with Gasteiger partial charge in [0.25, 0.3) is 0 Å². The molecule has 6 nitrogen and oxygen atoms in total. The standard InChI is InChI=1S/C16H16N2O4S2/c1-21-11-5-3-9(15(17)19)7-13(11)23-24-14-8-10(16(18)20)4-6-12(14)22-2/h3-8H,1-2H3,(H2,17,19)(H2,18,20). The lowest BCUT2D eigenvalue weighted by Gasteiger charge is -2.11. The summed E-state index contributed by atoms with van der Waals surface area (Å²) in [5.74, 6) is 0.195. The van der Waals surface area contributed by atoms with E-state index in [1.54, 1.807) is 50.6 Å². The zero-order valence-electron chi connectivity index (χ0n) is 13.1. The fourth-order valence-electron chi connectivity index (χ4n) is 1.88. The van der Waals surface area contributed by atoms with Gasteiger partial charge in [-0.15, -0.1) is 0 Å². The van der Waals surface area contributed by atoms with E-state index in [0.717, 1.165) is 9.79 Å². The molecule has 0 radical (unpaired) electrons. The summed E-state index contributed by atoms with van der Waals surface area (Å²) in [4.78, 5) is 24.1. The molecule has 0 aromatic heterocycles. The first-order valence-corrected chi connectivity index (χ1v) is 8.91. The third kappa shape index (κ3) is 4.15. The fourth-order valence-corrected chi connectivity index (χ4v) is 4.20. The number of carbonyl (C=O) groups excluding carboxylic acids is 2. The van der Waals surface area contributed by atoms with E-state index in [2.05, 4.69) is 0 Å². The van der Waals surface area contributed by atoms with Crippen LogP contribution in [0.3, 0.4) is 0 Å². The van der Waals surface area contributed by atoms with Gasteiger partial charge in [0.15, 0.2) is 0 Å². The molecule has 0 aliphatic heterocycles. The highest BCUT2D eigenvalue weighted by molar-refractivity contribution is 8.76. The molecule has 126 valence electrons. The number of ether oxygens (including phenoxy) is 2. The number of carbonyl (C=O) groups is 2. The van der Waals surface area contributed by atoms with Crippen molar-refractivity contribution in [3.05, 3.63) is 47.5 Å². The number of rotatable bonds is 7. The second kappa shape index (κ2) is 7.98. The maximum absolute atomic E-state index is 11.3. The predicted octanol–water partition coefficient (Wildman–Crippen LogP) is 2.70. The monoisotopic (exact) mass is 364 g/mol. The van der Waals surface area contributed by atoms with Gasteiger partial charge in [-0.05, 0) is 58.0 Å². The summed E-state index contributed by atoms with van der Waals surface area (Å²) in [5, 5.41) is 0. The van der Waals surface area contributed by atoms with Crippen LogP contribution in [0.5, 0.6) is 11.5 Å². The Morgan fingerprint density at radius 3 is 1.46 bits per heavy atom. The summed E-state index contributed by atoms with van der Waals surface area (Å²) in [6, 6.07) is 9.88. The number of primary amides is 2. The van der Waals surface area contributed by atoms with Gasteiger partial charge in [0.1, 0.15) is 11.5 Å². The van der Waals surface area contributed by atoms with Gasteiger partial charge >= 0.3 is 0 Å². The first kappa shape index (κ1) is 18.0. The summed E-state index contributed by atoms with van der Waals surface area (Å²) in [5.41, 5.74) is 11.4. The van der Waals surface area contributed by atoms with E-state index in [1.807, 2.05) is 0 Å². The smallest absolute Gasteiger partial charge is 0.248 e. The Hall–Kier alpha value is -2.32. The Morgan fingerprint density at radius 1 is 0.792 bits per heavy atom. The molecule has 0 heterocycles. The van der Waals surface area contributed by atoms with Crippen molar-refractivity contribution in [2.75, 3.05) is 14.2 Å². The Kier molecular flexibility index (Phi) is 5.99. The number of hydrogen-bond acceptors (Lipinski definition) is 6. The molecule has 2 amide bonds.